The molecule has 3 aromatic rings. The van der Waals surface area contributed by atoms with Crippen molar-refractivity contribution in [2.75, 3.05) is 19.7 Å². The van der Waals surface area contributed by atoms with Crippen LogP contribution in [0.5, 0.6) is 5.75 Å². The summed E-state index contributed by atoms with van der Waals surface area (Å²) in [5, 5.41) is 2.70. The second kappa shape index (κ2) is 10.9. The summed E-state index contributed by atoms with van der Waals surface area (Å²) in [5.41, 5.74) is 2.94. The number of fused-ring (bicyclic) bond motifs is 1. The highest BCUT2D eigenvalue weighted by molar-refractivity contribution is 7.89. The number of hydrogen-bond acceptors (Lipinski definition) is 5. The molecule has 192 valence electrons. The highest BCUT2D eigenvalue weighted by Gasteiger charge is 2.36. The van der Waals surface area contributed by atoms with Crippen LogP contribution in [0.4, 0.5) is 0 Å². The maximum atomic E-state index is 13.6. The Bertz CT molecular complexity index is 1340. The van der Waals surface area contributed by atoms with Gasteiger partial charge in [-0.15, -0.1) is 11.3 Å². The zero-order valence-electron chi connectivity index (χ0n) is 20.9. The van der Waals surface area contributed by atoms with Crippen LogP contribution in [-0.4, -0.2) is 49.3 Å². The molecule has 1 atom stereocenters. The first-order chi connectivity index (χ1) is 17.1. The first-order valence-electron chi connectivity index (χ1n) is 11.9. The van der Waals surface area contributed by atoms with E-state index in [-0.39, 0.29) is 36.0 Å². The number of hydrogen-bond donors (Lipinski definition) is 0. The van der Waals surface area contributed by atoms with Gasteiger partial charge in [0.15, 0.2) is 0 Å². The van der Waals surface area contributed by atoms with Crippen molar-refractivity contribution in [3.8, 4) is 5.75 Å². The van der Waals surface area contributed by atoms with E-state index in [0.717, 1.165) is 23.1 Å². The van der Waals surface area contributed by atoms with Crippen molar-refractivity contribution in [1.29, 1.82) is 0 Å². The fourth-order valence-electron chi connectivity index (χ4n) is 4.37. The van der Waals surface area contributed by atoms with E-state index in [1.165, 1.54) is 9.18 Å². The van der Waals surface area contributed by atoms with Crippen molar-refractivity contribution in [2.45, 2.75) is 51.1 Å². The first kappa shape index (κ1) is 26.7. The Balaban J connectivity index is 1.57. The Morgan fingerprint density at radius 2 is 1.89 bits per heavy atom. The van der Waals surface area contributed by atoms with Gasteiger partial charge < -0.3 is 9.64 Å². The summed E-state index contributed by atoms with van der Waals surface area (Å²) in [6.45, 7) is 7.94. The lowest BCUT2D eigenvalue weighted by atomic mass is 10.0. The predicted molar refractivity (Wildman–Crippen MR) is 144 cm³/mol. The molecule has 0 saturated heterocycles. The zero-order valence-corrected chi connectivity index (χ0v) is 23.3. The lowest BCUT2D eigenvalue weighted by molar-refractivity contribution is -0.135. The fourth-order valence-corrected chi connectivity index (χ4v) is 7.00. The van der Waals surface area contributed by atoms with E-state index in [1.54, 1.807) is 60.4 Å². The predicted octanol–water partition coefficient (Wildman–Crippen LogP) is 5.62. The van der Waals surface area contributed by atoms with Crippen molar-refractivity contribution < 1.29 is 17.9 Å². The second-order valence-electron chi connectivity index (χ2n) is 9.33. The van der Waals surface area contributed by atoms with Crippen LogP contribution in [0.25, 0.3) is 0 Å². The van der Waals surface area contributed by atoms with E-state index in [4.69, 9.17) is 16.3 Å². The number of aryl methyl sites for hydroxylation is 2. The van der Waals surface area contributed by atoms with Crippen molar-refractivity contribution >= 4 is 38.9 Å². The molecule has 1 aliphatic heterocycles. The highest BCUT2D eigenvalue weighted by atomic mass is 35.5. The van der Waals surface area contributed by atoms with E-state index in [1.807, 2.05) is 37.4 Å². The number of halogens is 1. The molecule has 1 aliphatic rings. The molecule has 0 unspecified atom stereocenters. The minimum atomic E-state index is -3.84. The normalized spacial score (nSPS) is 15.9. The molecule has 6 nitrogen and oxygen atoms in total. The standard InChI is InChI=1S/C27H31ClN2O4S2/c1-18(2)30(36(32,33)22-8-5-19(3)6-9-22)16-27(31)29-13-11-26-23(12-14-35-26)25(29)17-34-21-7-10-24(28)20(4)15-21/h5-10,12,14-15,18,25H,11,13,16-17H2,1-4H3/t25-/m1/s1. The summed E-state index contributed by atoms with van der Waals surface area (Å²) < 4.78 is 34.3. The van der Waals surface area contributed by atoms with Crippen LogP contribution in [-0.2, 0) is 21.2 Å². The maximum Gasteiger partial charge on any atom is 0.243 e. The topological polar surface area (TPSA) is 66.9 Å². The number of sulfonamides is 1. The molecular formula is C27H31ClN2O4S2. The minimum Gasteiger partial charge on any atom is -0.491 e. The molecule has 36 heavy (non-hydrogen) atoms. The summed E-state index contributed by atoms with van der Waals surface area (Å²) in [6.07, 6.45) is 0.738. The number of carbonyl (C=O) groups is 1. The van der Waals surface area contributed by atoms with Crippen LogP contribution in [0.15, 0.2) is 58.8 Å². The molecule has 4 rings (SSSR count). The Morgan fingerprint density at radius 1 is 1.17 bits per heavy atom. The van der Waals surface area contributed by atoms with Gasteiger partial charge >= 0.3 is 0 Å². The van der Waals surface area contributed by atoms with E-state index in [0.29, 0.717) is 17.3 Å². The van der Waals surface area contributed by atoms with Crippen LogP contribution in [0.2, 0.25) is 5.02 Å². The molecule has 0 spiro atoms. The third-order valence-corrected chi connectivity index (χ3v) is 9.90. The quantitative estimate of drug-likeness (QED) is 0.367. The molecule has 1 amide bonds. The highest BCUT2D eigenvalue weighted by Crippen LogP contribution is 2.34. The Labute approximate surface area is 222 Å². The van der Waals surface area contributed by atoms with E-state index in [9.17, 15) is 13.2 Å². The van der Waals surface area contributed by atoms with Gasteiger partial charge in [-0.1, -0.05) is 29.3 Å². The second-order valence-corrected chi connectivity index (χ2v) is 12.6. The van der Waals surface area contributed by atoms with Crippen LogP contribution < -0.4 is 4.74 Å². The number of nitrogens with zero attached hydrogens (tertiary/aromatic N) is 2. The van der Waals surface area contributed by atoms with Crippen molar-refractivity contribution in [2.24, 2.45) is 0 Å². The molecule has 1 aromatic heterocycles. The number of benzene rings is 2. The van der Waals surface area contributed by atoms with Gasteiger partial charge in [-0.25, -0.2) is 8.42 Å². The molecule has 2 aromatic carbocycles. The summed E-state index contributed by atoms with van der Waals surface area (Å²) in [5.74, 6) is 0.439. The number of rotatable bonds is 8. The number of ether oxygens (including phenoxy) is 1. The van der Waals surface area contributed by atoms with Crippen molar-refractivity contribution in [3.05, 3.63) is 80.5 Å². The van der Waals surface area contributed by atoms with Crippen LogP contribution in [0.1, 0.15) is 41.5 Å². The Morgan fingerprint density at radius 3 is 2.56 bits per heavy atom. The molecular weight excluding hydrogens is 516 g/mol. The summed E-state index contributed by atoms with van der Waals surface area (Å²) in [6, 6.07) is 13.5. The largest absolute Gasteiger partial charge is 0.491 e. The Kier molecular flexibility index (Phi) is 8.09. The van der Waals surface area contributed by atoms with Crippen molar-refractivity contribution in [1.82, 2.24) is 9.21 Å². The lowest BCUT2D eigenvalue weighted by Crippen LogP contribution is -2.49. The Hall–Kier alpha value is -2.39. The van der Waals surface area contributed by atoms with Gasteiger partial charge in [-0.05, 0) is 87.0 Å². The third-order valence-electron chi connectivity index (χ3n) is 6.45. The molecule has 0 bridgehead atoms. The molecule has 0 radical (unpaired) electrons. The first-order valence-corrected chi connectivity index (χ1v) is 14.6. The molecule has 9 heteroatoms. The average molecular weight is 547 g/mol. The smallest absolute Gasteiger partial charge is 0.243 e. The summed E-state index contributed by atoms with van der Waals surface area (Å²) >= 11 is 7.82. The average Bonchev–Trinajstić information content (AvgIpc) is 3.32. The van der Waals surface area contributed by atoms with E-state index >= 15 is 0 Å². The minimum absolute atomic E-state index is 0.186. The fraction of sp³-hybridized carbons (Fsp3) is 0.370. The van der Waals surface area contributed by atoms with Crippen LogP contribution in [0.3, 0.4) is 0 Å². The van der Waals surface area contributed by atoms with Gasteiger partial charge in [0, 0.05) is 22.5 Å². The van der Waals surface area contributed by atoms with Crippen LogP contribution in [0, 0.1) is 13.8 Å². The zero-order chi connectivity index (χ0) is 26.0. The molecule has 0 aliphatic carbocycles. The van der Waals surface area contributed by atoms with Gasteiger partial charge in [0.05, 0.1) is 17.5 Å². The monoisotopic (exact) mass is 546 g/mol. The van der Waals surface area contributed by atoms with Crippen LogP contribution >= 0.6 is 22.9 Å². The summed E-state index contributed by atoms with van der Waals surface area (Å²) in [7, 11) is -3.84. The SMILES string of the molecule is Cc1ccc(S(=O)(=O)N(CC(=O)N2CCc3sccc3[C@H]2COc2ccc(Cl)c(C)c2)C(C)C)cc1. The van der Waals surface area contributed by atoms with Gasteiger partial charge in [0.25, 0.3) is 0 Å². The van der Waals surface area contributed by atoms with Gasteiger partial charge in [-0.3, -0.25) is 4.79 Å². The van der Waals surface area contributed by atoms with E-state index in [2.05, 4.69) is 0 Å². The molecule has 0 saturated carbocycles. The molecule has 0 fully saturated rings. The van der Waals surface area contributed by atoms with Gasteiger partial charge in [-0.2, -0.15) is 4.31 Å². The number of carbonyl (C=O) groups excluding carboxylic acids is 1. The molecule has 2 heterocycles. The number of thiophene rings is 1. The van der Waals surface area contributed by atoms with E-state index < -0.39 is 10.0 Å². The van der Waals surface area contributed by atoms with Gasteiger partial charge in [0.2, 0.25) is 15.9 Å². The summed E-state index contributed by atoms with van der Waals surface area (Å²) in [4.78, 5) is 16.8. The third kappa shape index (κ3) is 5.62. The molecule has 0 N–H and O–H groups in total. The lowest BCUT2D eigenvalue weighted by Gasteiger charge is -2.37. The van der Waals surface area contributed by atoms with Gasteiger partial charge in [0.1, 0.15) is 12.4 Å². The van der Waals surface area contributed by atoms with Crippen molar-refractivity contribution in [3.63, 3.8) is 0 Å². The maximum absolute atomic E-state index is 13.6. The number of amides is 1.